The number of halogens is 2. The Bertz CT molecular complexity index is 965. The Morgan fingerprint density at radius 3 is 2.77 bits per heavy atom. The van der Waals surface area contributed by atoms with Crippen molar-refractivity contribution in [1.82, 2.24) is 9.38 Å². The predicted molar refractivity (Wildman–Crippen MR) is 103 cm³/mol. The van der Waals surface area contributed by atoms with E-state index in [1.807, 2.05) is 28.8 Å². The van der Waals surface area contributed by atoms with Crippen LogP contribution in [0, 0.1) is 5.92 Å². The lowest BCUT2D eigenvalue weighted by Crippen LogP contribution is -2.28. The molecule has 7 heteroatoms. The van der Waals surface area contributed by atoms with Crippen molar-refractivity contribution in [2.24, 2.45) is 5.92 Å². The van der Waals surface area contributed by atoms with E-state index in [9.17, 15) is 4.79 Å². The quantitative estimate of drug-likeness (QED) is 0.707. The number of nitrogens with zero attached hydrogens (tertiary/aromatic N) is 2. The molecule has 0 spiro atoms. The number of amides is 1. The molecule has 134 valence electrons. The maximum absolute atomic E-state index is 12.5. The van der Waals surface area contributed by atoms with Crippen molar-refractivity contribution in [3.8, 4) is 11.1 Å². The number of carbonyl (C=O) groups is 1. The van der Waals surface area contributed by atoms with E-state index in [2.05, 4.69) is 10.3 Å². The van der Waals surface area contributed by atoms with Crippen LogP contribution in [-0.4, -0.2) is 28.5 Å². The number of anilines is 1. The van der Waals surface area contributed by atoms with Crippen LogP contribution in [0.4, 0.5) is 5.82 Å². The zero-order valence-corrected chi connectivity index (χ0v) is 15.4. The van der Waals surface area contributed by atoms with Gasteiger partial charge in [0.25, 0.3) is 0 Å². The lowest BCUT2D eigenvalue weighted by Gasteiger charge is -2.21. The first-order chi connectivity index (χ1) is 12.6. The molecule has 1 N–H and O–H groups in total. The number of hydrogen-bond acceptors (Lipinski definition) is 3. The smallest absolute Gasteiger partial charge is 0.228 e. The van der Waals surface area contributed by atoms with Gasteiger partial charge in [0.05, 0.1) is 6.20 Å². The zero-order valence-electron chi connectivity index (χ0n) is 13.9. The van der Waals surface area contributed by atoms with Crippen LogP contribution in [0.15, 0.2) is 42.7 Å². The van der Waals surface area contributed by atoms with Gasteiger partial charge in [-0.25, -0.2) is 4.98 Å². The van der Waals surface area contributed by atoms with Crippen molar-refractivity contribution in [2.45, 2.75) is 12.8 Å². The van der Waals surface area contributed by atoms with Crippen molar-refractivity contribution >= 4 is 40.6 Å². The molecule has 0 radical (unpaired) electrons. The van der Waals surface area contributed by atoms with Crippen molar-refractivity contribution < 1.29 is 9.53 Å². The highest BCUT2D eigenvalue weighted by molar-refractivity contribution is 6.36. The van der Waals surface area contributed by atoms with Crippen LogP contribution in [0.25, 0.3) is 16.8 Å². The molecule has 1 saturated heterocycles. The number of hydrogen-bond donors (Lipinski definition) is 1. The molecule has 1 amide bonds. The third-order valence-electron chi connectivity index (χ3n) is 4.59. The molecule has 1 aliphatic rings. The van der Waals surface area contributed by atoms with Crippen molar-refractivity contribution in [3.05, 3.63) is 52.8 Å². The van der Waals surface area contributed by atoms with Crippen molar-refractivity contribution in [1.29, 1.82) is 0 Å². The van der Waals surface area contributed by atoms with Gasteiger partial charge in [0.1, 0.15) is 11.5 Å². The van der Waals surface area contributed by atoms with E-state index < -0.39 is 0 Å². The molecule has 2 aromatic heterocycles. The fourth-order valence-corrected chi connectivity index (χ4v) is 3.66. The van der Waals surface area contributed by atoms with Crippen molar-refractivity contribution in [2.75, 3.05) is 18.5 Å². The monoisotopic (exact) mass is 389 g/mol. The summed E-state index contributed by atoms with van der Waals surface area (Å²) in [5.41, 5.74) is 2.54. The van der Waals surface area contributed by atoms with Gasteiger partial charge in [-0.3, -0.25) is 9.20 Å². The number of ether oxygens (including phenoxy) is 1. The van der Waals surface area contributed by atoms with Gasteiger partial charge in [0, 0.05) is 46.5 Å². The summed E-state index contributed by atoms with van der Waals surface area (Å²) < 4.78 is 7.18. The highest BCUT2D eigenvalue weighted by Gasteiger charge is 2.22. The Balaban J connectivity index is 1.65. The first-order valence-electron chi connectivity index (χ1n) is 8.43. The third-order valence-corrected chi connectivity index (χ3v) is 5.14. The first kappa shape index (κ1) is 17.3. The lowest BCUT2D eigenvalue weighted by molar-refractivity contribution is -0.122. The number of imidazole rings is 1. The summed E-state index contributed by atoms with van der Waals surface area (Å²) in [4.78, 5) is 16.9. The van der Waals surface area contributed by atoms with Crippen LogP contribution >= 0.6 is 23.2 Å². The number of nitrogens with one attached hydrogen (secondary N) is 1. The van der Waals surface area contributed by atoms with Gasteiger partial charge in [-0.1, -0.05) is 29.3 Å². The summed E-state index contributed by atoms with van der Waals surface area (Å²) in [6, 6.07) is 9.23. The minimum atomic E-state index is -0.0248. The summed E-state index contributed by atoms with van der Waals surface area (Å²) in [5, 5.41) is 4.15. The zero-order chi connectivity index (χ0) is 18.1. The standard InChI is InChI=1S/C19H17Cl2N3O2/c20-14-2-3-15(16(21)9-14)13-1-4-17-22-10-18(24(17)11-13)23-19(25)12-5-7-26-8-6-12/h1-4,9-12H,5-8H2,(H,23,25). The van der Waals surface area contributed by atoms with Gasteiger partial charge in [0.2, 0.25) is 5.91 Å². The predicted octanol–water partition coefficient (Wildman–Crippen LogP) is 4.67. The Kier molecular flexibility index (Phi) is 4.85. The van der Waals surface area contributed by atoms with Gasteiger partial charge in [0.15, 0.2) is 0 Å². The number of rotatable bonds is 3. The van der Waals surface area contributed by atoms with Crippen LogP contribution in [0.2, 0.25) is 10.0 Å². The minimum absolute atomic E-state index is 0.00466. The van der Waals surface area contributed by atoms with Crippen LogP contribution < -0.4 is 5.32 Å². The molecule has 0 unspecified atom stereocenters. The second-order valence-corrected chi connectivity index (χ2v) is 7.13. The molecule has 26 heavy (non-hydrogen) atoms. The van der Waals surface area contributed by atoms with Crippen molar-refractivity contribution in [3.63, 3.8) is 0 Å². The van der Waals surface area contributed by atoms with E-state index in [1.54, 1.807) is 18.3 Å². The number of fused-ring (bicyclic) bond motifs is 1. The average molecular weight is 390 g/mol. The molecule has 1 aromatic carbocycles. The van der Waals surface area contributed by atoms with E-state index >= 15 is 0 Å². The van der Waals surface area contributed by atoms with Gasteiger partial charge in [-0.15, -0.1) is 0 Å². The molecular formula is C19H17Cl2N3O2. The lowest BCUT2D eigenvalue weighted by atomic mass is 9.99. The van der Waals surface area contributed by atoms with E-state index in [0.717, 1.165) is 29.6 Å². The number of benzene rings is 1. The summed E-state index contributed by atoms with van der Waals surface area (Å²) in [5.74, 6) is 0.622. The molecule has 0 aliphatic carbocycles. The number of carbonyl (C=O) groups excluding carboxylic acids is 1. The van der Waals surface area contributed by atoms with Gasteiger partial charge >= 0.3 is 0 Å². The molecule has 1 fully saturated rings. The van der Waals surface area contributed by atoms with Gasteiger partial charge in [-0.2, -0.15) is 0 Å². The minimum Gasteiger partial charge on any atom is -0.381 e. The molecule has 3 aromatic rings. The SMILES string of the molecule is O=C(Nc1cnc2ccc(-c3ccc(Cl)cc3Cl)cn12)C1CCOCC1. The molecule has 3 heterocycles. The molecular weight excluding hydrogens is 373 g/mol. The Morgan fingerprint density at radius 2 is 2.00 bits per heavy atom. The fourth-order valence-electron chi connectivity index (χ4n) is 3.14. The van der Waals surface area contributed by atoms with E-state index in [1.165, 1.54) is 0 Å². The number of aromatic nitrogens is 2. The summed E-state index contributed by atoms with van der Waals surface area (Å²) in [7, 11) is 0. The maximum atomic E-state index is 12.5. The largest absolute Gasteiger partial charge is 0.381 e. The molecule has 5 nitrogen and oxygen atoms in total. The third kappa shape index (κ3) is 3.43. The second kappa shape index (κ2) is 7.27. The van der Waals surface area contributed by atoms with Crippen LogP contribution in [0.3, 0.4) is 0 Å². The highest BCUT2D eigenvalue weighted by atomic mass is 35.5. The van der Waals surface area contributed by atoms with Crippen LogP contribution in [0.5, 0.6) is 0 Å². The Morgan fingerprint density at radius 1 is 1.19 bits per heavy atom. The summed E-state index contributed by atoms with van der Waals surface area (Å²) >= 11 is 12.3. The van der Waals surface area contributed by atoms with E-state index in [-0.39, 0.29) is 11.8 Å². The van der Waals surface area contributed by atoms with E-state index in [0.29, 0.717) is 29.1 Å². The molecule has 0 atom stereocenters. The summed E-state index contributed by atoms with van der Waals surface area (Å²) in [6.45, 7) is 1.26. The van der Waals surface area contributed by atoms with Crippen LogP contribution in [0.1, 0.15) is 12.8 Å². The fraction of sp³-hybridized carbons (Fsp3) is 0.263. The highest BCUT2D eigenvalue weighted by Crippen LogP contribution is 2.31. The second-order valence-electron chi connectivity index (χ2n) is 6.29. The number of pyridine rings is 1. The Labute approximate surface area is 160 Å². The van der Waals surface area contributed by atoms with Crippen LogP contribution in [-0.2, 0) is 9.53 Å². The average Bonchev–Trinajstić information content (AvgIpc) is 3.04. The van der Waals surface area contributed by atoms with E-state index in [4.69, 9.17) is 27.9 Å². The van der Waals surface area contributed by atoms with Gasteiger partial charge < -0.3 is 10.1 Å². The molecule has 0 bridgehead atoms. The first-order valence-corrected chi connectivity index (χ1v) is 9.18. The normalized spacial score (nSPS) is 15.3. The maximum Gasteiger partial charge on any atom is 0.228 e. The topological polar surface area (TPSA) is 55.6 Å². The van der Waals surface area contributed by atoms with Gasteiger partial charge in [-0.05, 0) is 37.1 Å². The molecule has 0 saturated carbocycles. The summed E-state index contributed by atoms with van der Waals surface area (Å²) in [6.07, 6.45) is 5.07. The molecule has 1 aliphatic heterocycles. The molecule has 4 rings (SSSR count). The Hall–Kier alpha value is -2.08.